The van der Waals surface area contributed by atoms with Crippen molar-refractivity contribution in [3.63, 3.8) is 0 Å². The molecule has 1 amide bonds. The fraction of sp³-hybridized carbons (Fsp3) is 0.174. The minimum absolute atomic E-state index is 0.121. The summed E-state index contributed by atoms with van der Waals surface area (Å²) in [5, 5.41) is 15.7. The largest absolute Gasteiger partial charge is 0.507 e. The molecule has 160 valence electrons. The molecule has 0 aromatic heterocycles. The number of carbonyl (C=O) groups excluding carboxylic acids is 2. The first-order valence-electron chi connectivity index (χ1n) is 9.53. The van der Waals surface area contributed by atoms with E-state index in [0.29, 0.717) is 17.1 Å². The standard InChI is InChI=1S/C23H22N2O6/c1-3-30-22(27)14-31-20-9-8-15(10-21(20)29-2)13-24-25-23(28)18-11-16-6-4-5-7-17(16)12-19(18)26/h4-13,26H,3,14H2,1-2H3,(H,25,28). The average Bonchev–Trinajstić information content (AvgIpc) is 2.77. The fourth-order valence-electron chi connectivity index (χ4n) is 2.86. The van der Waals surface area contributed by atoms with Crippen molar-refractivity contribution in [3.8, 4) is 17.2 Å². The van der Waals surface area contributed by atoms with Gasteiger partial charge >= 0.3 is 5.97 Å². The van der Waals surface area contributed by atoms with Crippen molar-refractivity contribution in [2.45, 2.75) is 6.92 Å². The minimum atomic E-state index is -0.541. The van der Waals surface area contributed by atoms with Crippen molar-refractivity contribution in [1.82, 2.24) is 5.43 Å². The number of methoxy groups -OCH3 is 1. The molecule has 0 radical (unpaired) electrons. The van der Waals surface area contributed by atoms with Crippen LogP contribution in [0.1, 0.15) is 22.8 Å². The molecule has 0 saturated heterocycles. The number of hydrogen-bond donors (Lipinski definition) is 2. The quantitative estimate of drug-likeness (QED) is 0.328. The van der Waals surface area contributed by atoms with E-state index in [-0.39, 0.29) is 24.5 Å². The molecule has 3 rings (SSSR count). The van der Waals surface area contributed by atoms with Gasteiger partial charge in [-0.1, -0.05) is 24.3 Å². The lowest BCUT2D eigenvalue weighted by Crippen LogP contribution is -2.17. The molecule has 0 aliphatic heterocycles. The Morgan fingerprint density at radius 1 is 1.06 bits per heavy atom. The van der Waals surface area contributed by atoms with E-state index in [1.54, 1.807) is 31.2 Å². The summed E-state index contributed by atoms with van der Waals surface area (Å²) in [7, 11) is 1.47. The van der Waals surface area contributed by atoms with Crippen LogP contribution in [0, 0.1) is 0 Å². The number of nitrogens with zero attached hydrogens (tertiary/aromatic N) is 1. The number of phenols is 1. The molecule has 2 N–H and O–H groups in total. The first-order valence-corrected chi connectivity index (χ1v) is 9.53. The molecule has 0 aliphatic carbocycles. The zero-order valence-electron chi connectivity index (χ0n) is 17.1. The third-order valence-electron chi connectivity index (χ3n) is 4.33. The normalized spacial score (nSPS) is 10.8. The van der Waals surface area contributed by atoms with Gasteiger partial charge in [0, 0.05) is 0 Å². The van der Waals surface area contributed by atoms with Crippen LogP contribution in [-0.2, 0) is 9.53 Å². The third-order valence-corrected chi connectivity index (χ3v) is 4.33. The number of ether oxygens (including phenoxy) is 3. The van der Waals surface area contributed by atoms with E-state index in [1.165, 1.54) is 19.4 Å². The van der Waals surface area contributed by atoms with Crippen molar-refractivity contribution >= 4 is 28.9 Å². The van der Waals surface area contributed by atoms with Gasteiger partial charge in [-0.15, -0.1) is 0 Å². The van der Waals surface area contributed by atoms with Gasteiger partial charge in [-0.25, -0.2) is 10.2 Å². The molecule has 31 heavy (non-hydrogen) atoms. The number of esters is 1. The van der Waals surface area contributed by atoms with Gasteiger partial charge in [-0.2, -0.15) is 5.10 Å². The Labute approximate surface area is 179 Å². The molecule has 3 aromatic carbocycles. The van der Waals surface area contributed by atoms with Crippen LogP contribution in [0.3, 0.4) is 0 Å². The highest BCUT2D eigenvalue weighted by Crippen LogP contribution is 2.28. The van der Waals surface area contributed by atoms with Crippen LogP contribution in [0.4, 0.5) is 0 Å². The Morgan fingerprint density at radius 2 is 1.81 bits per heavy atom. The molecule has 0 heterocycles. The molecule has 8 heteroatoms. The van der Waals surface area contributed by atoms with Gasteiger partial charge < -0.3 is 19.3 Å². The first kappa shape index (κ1) is 21.6. The van der Waals surface area contributed by atoms with Crippen LogP contribution < -0.4 is 14.9 Å². The lowest BCUT2D eigenvalue weighted by Gasteiger charge is -2.10. The molecule has 0 saturated carbocycles. The zero-order chi connectivity index (χ0) is 22.2. The Balaban J connectivity index is 1.67. The molecule has 0 unspecified atom stereocenters. The molecule has 8 nitrogen and oxygen atoms in total. The Morgan fingerprint density at radius 3 is 2.52 bits per heavy atom. The molecule has 0 bridgehead atoms. The predicted octanol–water partition coefficient (Wildman–Crippen LogP) is 3.26. The van der Waals surface area contributed by atoms with Crippen LogP contribution in [0.5, 0.6) is 17.2 Å². The van der Waals surface area contributed by atoms with Crippen LogP contribution in [-0.4, -0.2) is 43.5 Å². The van der Waals surface area contributed by atoms with E-state index in [2.05, 4.69) is 10.5 Å². The lowest BCUT2D eigenvalue weighted by molar-refractivity contribution is -0.145. The molecule has 0 spiro atoms. The summed E-state index contributed by atoms with van der Waals surface area (Å²) in [6.45, 7) is 1.76. The van der Waals surface area contributed by atoms with E-state index < -0.39 is 11.9 Å². The van der Waals surface area contributed by atoms with Gasteiger partial charge in [0.15, 0.2) is 18.1 Å². The molecule has 0 aliphatic rings. The van der Waals surface area contributed by atoms with Crippen LogP contribution in [0.2, 0.25) is 0 Å². The van der Waals surface area contributed by atoms with Crippen molar-refractivity contribution in [2.75, 3.05) is 20.3 Å². The summed E-state index contributed by atoms with van der Waals surface area (Å²) in [5.41, 5.74) is 3.15. The molecule has 0 fully saturated rings. The maximum Gasteiger partial charge on any atom is 0.344 e. The Kier molecular flexibility index (Phi) is 7.05. The number of fused-ring (bicyclic) bond motifs is 1. The highest BCUT2D eigenvalue weighted by atomic mass is 16.6. The third kappa shape index (κ3) is 5.51. The lowest BCUT2D eigenvalue weighted by atomic mass is 10.1. The number of nitrogens with one attached hydrogen (secondary N) is 1. The van der Waals surface area contributed by atoms with Crippen molar-refractivity contribution in [3.05, 3.63) is 65.7 Å². The predicted molar refractivity (Wildman–Crippen MR) is 116 cm³/mol. The van der Waals surface area contributed by atoms with E-state index in [0.717, 1.165) is 10.8 Å². The van der Waals surface area contributed by atoms with Gasteiger partial charge in [0.1, 0.15) is 5.75 Å². The highest BCUT2D eigenvalue weighted by Gasteiger charge is 2.12. The number of rotatable bonds is 8. The van der Waals surface area contributed by atoms with Gasteiger partial charge in [0.05, 0.1) is 25.5 Å². The van der Waals surface area contributed by atoms with Crippen LogP contribution >= 0.6 is 0 Å². The number of hydrogen-bond acceptors (Lipinski definition) is 7. The number of amides is 1. The Hall–Kier alpha value is -4.07. The van der Waals surface area contributed by atoms with Crippen LogP contribution in [0.25, 0.3) is 10.8 Å². The van der Waals surface area contributed by atoms with Gasteiger partial charge in [0.2, 0.25) is 0 Å². The van der Waals surface area contributed by atoms with Gasteiger partial charge in [-0.3, -0.25) is 4.79 Å². The summed E-state index contributed by atoms with van der Waals surface area (Å²) in [4.78, 5) is 23.8. The van der Waals surface area contributed by atoms with Crippen LogP contribution in [0.15, 0.2) is 59.7 Å². The second kappa shape index (κ2) is 10.1. The topological polar surface area (TPSA) is 106 Å². The first-order chi connectivity index (χ1) is 15.0. The summed E-state index contributed by atoms with van der Waals surface area (Å²) in [6, 6.07) is 15.5. The number of aromatic hydroxyl groups is 1. The maximum absolute atomic E-state index is 12.4. The Bertz CT molecular complexity index is 1130. The smallest absolute Gasteiger partial charge is 0.344 e. The van der Waals surface area contributed by atoms with E-state index in [4.69, 9.17) is 14.2 Å². The summed E-state index contributed by atoms with van der Waals surface area (Å²) in [5.74, 6) is -0.378. The van der Waals surface area contributed by atoms with Gasteiger partial charge in [0.25, 0.3) is 5.91 Å². The minimum Gasteiger partial charge on any atom is -0.507 e. The van der Waals surface area contributed by atoms with Gasteiger partial charge in [-0.05, 0) is 53.6 Å². The highest BCUT2D eigenvalue weighted by molar-refractivity contribution is 6.01. The second-order valence-electron chi connectivity index (χ2n) is 6.42. The number of phenolic OH excluding ortho intramolecular Hbond substituents is 1. The number of carbonyl (C=O) groups is 2. The summed E-state index contributed by atoms with van der Waals surface area (Å²) < 4.78 is 15.5. The summed E-state index contributed by atoms with van der Waals surface area (Å²) in [6.07, 6.45) is 1.42. The SMILES string of the molecule is CCOC(=O)COc1ccc(C=NNC(=O)c2cc3ccccc3cc2O)cc1OC. The monoisotopic (exact) mass is 422 g/mol. The molecular formula is C23H22N2O6. The van der Waals surface area contributed by atoms with Crippen molar-refractivity contribution in [1.29, 1.82) is 0 Å². The fourth-order valence-corrected chi connectivity index (χ4v) is 2.86. The van der Waals surface area contributed by atoms with E-state index in [9.17, 15) is 14.7 Å². The second-order valence-corrected chi connectivity index (χ2v) is 6.42. The molecule has 0 atom stereocenters. The van der Waals surface area contributed by atoms with E-state index >= 15 is 0 Å². The van der Waals surface area contributed by atoms with E-state index in [1.807, 2.05) is 24.3 Å². The van der Waals surface area contributed by atoms with Crippen molar-refractivity contribution < 1.29 is 28.9 Å². The maximum atomic E-state index is 12.4. The van der Waals surface area contributed by atoms with Crippen molar-refractivity contribution in [2.24, 2.45) is 5.10 Å². The molecular weight excluding hydrogens is 400 g/mol. The molecule has 3 aromatic rings. The zero-order valence-corrected chi connectivity index (χ0v) is 17.1. The number of benzene rings is 3. The summed E-state index contributed by atoms with van der Waals surface area (Å²) >= 11 is 0. The average molecular weight is 422 g/mol. The number of hydrazone groups is 1.